The highest BCUT2D eigenvalue weighted by molar-refractivity contribution is 7.98. The number of carbonyl (C=O) groups is 1. The lowest BCUT2D eigenvalue weighted by Crippen LogP contribution is -2.39. The van der Waals surface area contributed by atoms with Gasteiger partial charge in [-0.3, -0.25) is 4.79 Å². The van der Waals surface area contributed by atoms with Gasteiger partial charge in [-0.15, -0.1) is 0 Å². The van der Waals surface area contributed by atoms with Crippen molar-refractivity contribution in [3.8, 4) is 0 Å². The fourth-order valence-corrected chi connectivity index (χ4v) is 3.03. The lowest BCUT2D eigenvalue weighted by atomic mass is 9.99. The largest absolute Gasteiger partial charge is 0.384 e. The molecule has 3 nitrogen and oxygen atoms in total. The molecular weight excluding hydrogens is 256 g/mol. The Morgan fingerprint density at radius 2 is 2.26 bits per heavy atom. The molecule has 1 aromatic carbocycles. The molecule has 0 aromatic heterocycles. The molecule has 1 aromatic rings. The number of carbonyl (C=O) groups excluding carboxylic acids is 1. The molecule has 0 radical (unpaired) electrons. The van der Waals surface area contributed by atoms with Crippen LogP contribution >= 0.6 is 11.8 Å². The minimum atomic E-state index is -0.0297. The molecule has 4 heteroatoms. The number of nitrogens with zero attached hydrogens (tertiary/aromatic N) is 1. The maximum absolute atomic E-state index is 12.6. The van der Waals surface area contributed by atoms with E-state index in [2.05, 4.69) is 24.6 Å². The van der Waals surface area contributed by atoms with Gasteiger partial charge in [-0.05, 0) is 37.0 Å². The highest BCUT2D eigenvalue weighted by Gasteiger charge is 2.31. The minimum Gasteiger partial charge on any atom is -0.384 e. The van der Waals surface area contributed by atoms with E-state index in [1.807, 2.05) is 41.9 Å². The number of hydrogen-bond donors (Lipinski definition) is 1. The first-order valence-corrected chi connectivity index (χ1v) is 8.13. The van der Waals surface area contributed by atoms with Gasteiger partial charge in [0.2, 0.25) is 5.91 Å². The van der Waals surface area contributed by atoms with Gasteiger partial charge in [0.05, 0.1) is 5.92 Å². The number of anilines is 1. The van der Waals surface area contributed by atoms with E-state index in [4.69, 9.17) is 0 Å². The third kappa shape index (κ3) is 3.06. The molecule has 0 spiro atoms. The van der Waals surface area contributed by atoms with Gasteiger partial charge in [0.15, 0.2) is 0 Å². The number of benzene rings is 1. The van der Waals surface area contributed by atoms with Crippen LogP contribution in [0.2, 0.25) is 0 Å². The summed E-state index contributed by atoms with van der Waals surface area (Å²) in [5.41, 5.74) is 2.24. The standard InChI is InChI=1S/C15H22N2OS/c1-11(8-9-19-3)17(2)15(18)13-10-16-14-7-5-4-6-12(13)14/h4-7,11,13,16H,8-10H2,1-3H3. The molecule has 19 heavy (non-hydrogen) atoms. The van der Waals surface area contributed by atoms with Crippen molar-refractivity contribution in [3.63, 3.8) is 0 Å². The third-order valence-electron chi connectivity index (χ3n) is 3.88. The summed E-state index contributed by atoms with van der Waals surface area (Å²) in [5.74, 6) is 1.29. The molecule has 2 rings (SSSR count). The summed E-state index contributed by atoms with van der Waals surface area (Å²) < 4.78 is 0. The molecule has 1 N–H and O–H groups in total. The van der Waals surface area contributed by atoms with Gasteiger partial charge in [0.25, 0.3) is 0 Å². The Morgan fingerprint density at radius 3 is 3.00 bits per heavy atom. The molecule has 2 atom stereocenters. The molecule has 1 amide bonds. The zero-order valence-electron chi connectivity index (χ0n) is 11.8. The van der Waals surface area contributed by atoms with Crippen LogP contribution in [-0.2, 0) is 4.79 Å². The number of thioether (sulfide) groups is 1. The Kier molecular flexibility index (Phi) is 4.75. The van der Waals surface area contributed by atoms with Gasteiger partial charge in [-0.2, -0.15) is 11.8 Å². The SMILES string of the molecule is CSCCC(C)N(C)C(=O)C1CNc2ccccc21. The van der Waals surface area contributed by atoms with Crippen LogP contribution in [-0.4, -0.2) is 42.4 Å². The highest BCUT2D eigenvalue weighted by Crippen LogP contribution is 2.32. The monoisotopic (exact) mass is 278 g/mol. The Balaban J connectivity index is 2.05. The van der Waals surface area contributed by atoms with Crippen LogP contribution in [0.15, 0.2) is 24.3 Å². The van der Waals surface area contributed by atoms with Crippen molar-refractivity contribution in [3.05, 3.63) is 29.8 Å². The molecule has 2 unspecified atom stereocenters. The molecule has 0 aliphatic carbocycles. The Bertz CT molecular complexity index is 450. The maximum atomic E-state index is 12.6. The summed E-state index contributed by atoms with van der Waals surface area (Å²) in [6, 6.07) is 8.40. The summed E-state index contributed by atoms with van der Waals surface area (Å²) in [5, 5.41) is 3.32. The lowest BCUT2D eigenvalue weighted by molar-refractivity contribution is -0.132. The van der Waals surface area contributed by atoms with Crippen molar-refractivity contribution in [2.24, 2.45) is 0 Å². The molecule has 1 aliphatic rings. The van der Waals surface area contributed by atoms with E-state index in [1.54, 1.807) is 0 Å². The fourth-order valence-electron chi connectivity index (χ4n) is 2.45. The Morgan fingerprint density at radius 1 is 1.53 bits per heavy atom. The number of fused-ring (bicyclic) bond motifs is 1. The molecular formula is C15H22N2OS. The van der Waals surface area contributed by atoms with E-state index < -0.39 is 0 Å². The molecule has 1 aliphatic heterocycles. The summed E-state index contributed by atoms with van der Waals surface area (Å²) >= 11 is 1.83. The van der Waals surface area contributed by atoms with Gasteiger partial charge in [0.1, 0.15) is 0 Å². The maximum Gasteiger partial charge on any atom is 0.231 e. The average molecular weight is 278 g/mol. The van der Waals surface area contributed by atoms with E-state index in [9.17, 15) is 4.79 Å². The lowest BCUT2D eigenvalue weighted by Gasteiger charge is -2.27. The summed E-state index contributed by atoms with van der Waals surface area (Å²) in [6.07, 6.45) is 3.15. The van der Waals surface area contributed by atoms with E-state index in [1.165, 1.54) is 0 Å². The first-order valence-electron chi connectivity index (χ1n) is 6.73. The minimum absolute atomic E-state index is 0.0297. The first-order chi connectivity index (χ1) is 9.15. The predicted molar refractivity (Wildman–Crippen MR) is 82.9 cm³/mol. The number of likely N-dealkylation sites (N-methyl/N-ethyl adjacent to an activating group) is 1. The van der Waals surface area contributed by atoms with Gasteiger partial charge in [-0.1, -0.05) is 18.2 Å². The number of hydrogen-bond acceptors (Lipinski definition) is 3. The van der Waals surface area contributed by atoms with Crippen molar-refractivity contribution >= 4 is 23.4 Å². The van der Waals surface area contributed by atoms with E-state index in [0.29, 0.717) is 6.04 Å². The predicted octanol–water partition coefficient (Wildman–Crippen LogP) is 2.80. The molecule has 0 saturated heterocycles. The van der Waals surface area contributed by atoms with Gasteiger partial charge in [0, 0.05) is 25.3 Å². The first kappa shape index (κ1) is 14.3. The summed E-state index contributed by atoms with van der Waals surface area (Å²) in [6.45, 7) is 2.85. The van der Waals surface area contributed by atoms with Crippen LogP contribution in [0.25, 0.3) is 0 Å². The van der Waals surface area contributed by atoms with Crippen LogP contribution in [0.3, 0.4) is 0 Å². The molecule has 104 valence electrons. The molecule has 0 saturated carbocycles. The molecule has 0 bridgehead atoms. The average Bonchev–Trinajstić information content (AvgIpc) is 2.87. The third-order valence-corrected chi connectivity index (χ3v) is 4.52. The van der Waals surface area contributed by atoms with E-state index >= 15 is 0 Å². The van der Waals surface area contributed by atoms with Crippen molar-refractivity contribution in [2.75, 3.05) is 30.9 Å². The number of rotatable bonds is 5. The van der Waals surface area contributed by atoms with Gasteiger partial charge in [-0.25, -0.2) is 0 Å². The fraction of sp³-hybridized carbons (Fsp3) is 0.533. The van der Waals surface area contributed by atoms with Crippen molar-refractivity contribution in [2.45, 2.75) is 25.3 Å². The number of nitrogens with one attached hydrogen (secondary N) is 1. The normalized spacial score (nSPS) is 18.6. The quantitative estimate of drug-likeness (QED) is 0.899. The van der Waals surface area contributed by atoms with Gasteiger partial charge < -0.3 is 10.2 Å². The van der Waals surface area contributed by atoms with Crippen LogP contribution in [0.4, 0.5) is 5.69 Å². The number of para-hydroxylation sites is 1. The zero-order valence-corrected chi connectivity index (χ0v) is 12.7. The summed E-state index contributed by atoms with van der Waals surface area (Å²) in [4.78, 5) is 14.5. The zero-order chi connectivity index (χ0) is 13.8. The van der Waals surface area contributed by atoms with E-state index in [-0.39, 0.29) is 11.8 Å². The summed E-state index contributed by atoms with van der Waals surface area (Å²) in [7, 11) is 1.92. The number of amides is 1. The van der Waals surface area contributed by atoms with Crippen LogP contribution in [0.5, 0.6) is 0 Å². The second-order valence-electron chi connectivity index (χ2n) is 5.10. The van der Waals surface area contributed by atoms with Crippen molar-refractivity contribution in [1.29, 1.82) is 0 Å². The van der Waals surface area contributed by atoms with Crippen LogP contribution < -0.4 is 5.32 Å². The van der Waals surface area contributed by atoms with Crippen LogP contribution in [0, 0.1) is 0 Å². The van der Waals surface area contributed by atoms with Crippen molar-refractivity contribution < 1.29 is 4.79 Å². The molecule has 0 fully saturated rings. The second kappa shape index (κ2) is 6.33. The smallest absolute Gasteiger partial charge is 0.231 e. The highest BCUT2D eigenvalue weighted by atomic mass is 32.2. The van der Waals surface area contributed by atoms with Gasteiger partial charge >= 0.3 is 0 Å². The van der Waals surface area contributed by atoms with E-state index in [0.717, 1.165) is 30.0 Å². The topological polar surface area (TPSA) is 32.3 Å². The Hall–Kier alpha value is -1.16. The van der Waals surface area contributed by atoms with Crippen molar-refractivity contribution in [1.82, 2.24) is 4.90 Å². The van der Waals surface area contributed by atoms with Crippen LogP contribution in [0.1, 0.15) is 24.8 Å². The second-order valence-corrected chi connectivity index (χ2v) is 6.09. The molecule has 1 heterocycles. The Labute approximate surface area is 119 Å².